The van der Waals surface area contributed by atoms with Gasteiger partial charge in [-0.25, -0.2) is 4.79 Å². The molecule has 148 valence electrons. The van der Waals surface area contributed by atoms with Gasteiger partial charge in [0.15, 0.2) is 12.4 Å². The number of hydrogen-bond acceptors (Lipinski definition) is 8. The quantitative estimate of drug-likeness (QED) is 0.466. The number of para-hydroxylation sites is 1. The van der Waals surface area contributed by atoms with Crippen molar-refractivity contribution < 1.29 is 14.3 Å². The third kappa shape index (κ3) is 5.77. The smallest absolute Gasteiger partial charge is 0.331 e. The fourth-order valence-corrected chi connectivity index (χ4v) is 2.46. The molecule has 0 saturated carbocycles. The zero-order valence-electron chi connectivity index (χ0n) is 16.1. The molecular formula is C21H21N5O3. The van der Waals surface area contributed by atoms with Crippen LogP contribution >= 0.6 is 0 Å². The molecule has 0 atom stereocenters. The van der Waals surface area contributed by atoms with E-state index in [1.54, 1.807) is 13.2 Å². The molecule has 0 fully saturated rings. The van der Waals surface area contributed by atoms with Crippen LogP contribution in [0.1, 0.15) is 17.0 Å². The largest absolute Gasteiger partial charge is 0.497 e. The summed E-state index contributed by atoms with van der Waals surface area (Å²) < 4.78 is 10.3. The summed E-state index contributed by atoms with van der Waals surface area (Å²) in [5.41, 5.74) is 8.47. The highest BCUT2D eigenvalue weighted by atomic mass is 16.5. The summed E-state index contributed by atoms with van der Waals surface area (Å²) >= 11 is 0. The summed E-state index contributed by atoms with van der Waals surface area (Å²) in [6.45, 7) is 1.84. The van der Waals surface area contributed by atoms with Crippen molar-refractivity contribution in [1.82, 2.24) is 15.0 Å². The van der Waals surface area contributed by atoms with E-state index in [4.69, 9.17) is 15.2 Å². The van der Waals surface area contributed by atoms with Crippen molar-refractivity contribution >= 4 is 29.6 Å². The number of benzene rings is 2. The predicted molar refractivity (Wildman–Crippen MR) is 111 cm³/mol. The average molecular weight is 391 g/mol. The standard InChI is InChI=1S/C21H21N5O3/c1-14-5-3-4-6-17(14)23-21-25-18(24-20(22)26-21)13-29-19(27)12-9-15-7-10-16(28-2)11-8-15/h3-12H,13H2,1-2H3,(H3,22,23,24,25,26)/b12-9+. The fourth-order valence-electron chi connectivity index (χ4n) is 2.46. The Morgan fingerprint density at radius 2 is 1.86 bits per heavy atom. The highest BCUT2D eigenvalue weighted by Gasteiger charge is 2.08. The van der Waals surface area contributed by atoms with E-state index in [1.807, 2.05) is 55.5 Å². The maximum atomic E-state index is 12.0. The lowest BCUT2D eigenvalue weighted by Crippen LogP contribution is -2.10. The minimum Gasteiger partial charge on any atom is -0.497 e. The number of carbonyl (C=O) groups excluding carboxylic acids is 1. The van der Waals surface area contributed by atoms with Crippen molar-refractivity contribution in [2.24, 2.45) is 0 Å². The highest BCUT2D eigenvalue weighted by molar-refractivity contribution is 5.87. The van der Waals surface area contributed by atoms with Crippen LogP contribution in [0.25, 0.3) is 6.08 Å². The number of methoxy groups -OCH3 is 1. The van der Waals surface area contributed by atoms with E-state index in [0.29, 0.717) is 0 Å². The Hall–Kier alpha value is -3.94. The van der Waals surface area contributed by atoms with Crippen LogP contribution in [0.4, 0.5) is 17.6 Å². The van der Waals surface area contributed by atoms with Gasteiger partial charge in [0, 0.05) is 11.8 Å². The predicted octanol–water partition coefficient (Wildman–Crippen LogP) is 3.27. The monoisotopic (exact) mass is 391 g/mol. The van der Waals surface area contributed by atoms with E-state index in [0.717, 1.165) is 22.6 Å². The first-order valence-corrected chi connectivity index (χ1v) is 8.85. The molecule has 3 aromatic rings. The second-order valence-corrected chi connectivity index (χ2v) is 6.09. The van der Waals surface area contributed by atoms with Crippen molar-refractivity contribution in [3.05, 3.63) is 71.6 Å². The van der Waals surface area contributed by atoms with Crippen molar-refractivity contribution in [3.8, 4) is 5.75 Å². The number of nitrogens with zero attached hydrogens (tertiary/aromatic N) is 3. The normalized spacial score (nSPS) is 10.7. The van der Waals surface area contributed by atoms with Gasteiger partial charge in [-0.05, 0) is 42.3 Å². The number of carbonyl (C=O) groups is 1. The summed E-state index contributed by atoms with van der Waals surface area (Å²) in [5.74, 6) is 0.794. The number of nitrogens with one attached hydrogen (secondary N) is 1. The molecule has 0 bridgehead atoms. The number of aryl methyl sites for hydroxylation is 1. The number of nitrogen functional groups attached to an aromatic ring is 1. The third-order valence-corrected chi connectivity index (χ3v) is 3.96. The van der Waals surface area contributed by atoms with Gasteiger partial charge in [-0.3, -0.25) is 0 Å². The van der Waals surface area contributed by atoms with E-state index in [9.17, 15) is 4.79 Å². The number of ether oxygens (including phenoxy) is 2. The topological polar surface area (TPSA) is 112 Å². The van der Waals surface area contributed by atoms with Gasteiger partial charge in [0.25, 0.3) is 0 Å². The van der Waals surface area contributed by atoms with Crippen LogP contribution in [0, 0.1) is 6.92 Å². The number of esters is 1. The third-order valence-electron chi connectivity index (χ3n) is 3.96. The highest BCUT2D eigenvalue weighted by Crippen LogP contribution is 2.18. The molecule has 0 unspecified atom stereocenters. The zero-order valence-corrected chi connectivity index (χ0v) is 16.1. The van der Waals surface area contributed by atoms with Crippen LogP contribution in [0.5, 0.6) is 5.75 Å². The van der Waals surface area contributed by atoms with E-state index < -0.39 is 5.97 Å². The Labute approximate surface area is 168 Å². The molecule has 0 amide bonds. The lowest BCUT2D eigenvalue weighted by Gasteiger charge is -2.09. The van der Waals surface area contributed by atoms with Gasteiger partial charge in [0.2, 0.25) is 11.9 Å². The first kappa shape index (κ1) is 19.8. The summed E-state index contributed by atoms with van der Waals surface area (Å²) in [5, 5.41) is 3.09. The number of hydrogen-bond donors (Lipinski definition) is 2. The van der Waals surface area contributed by atoms with Crippen LogP contribution in [0.15, 0.2) is 54.6 Å². The van der Waals surface area contributed by atoms with E-state index in [2.05, 4.69) is 20.3 Å². The molecule has 3 N–H and O–H groups in total. The maximum Gasteiger partial charge on any atom is 0.331 e. The van der Waals surface area contributed by atoms with E-state index in [1.165, 1.54) is 6.08 Å². The van der Waals surface area contributed by atoms with Crippen LogP contribution in [0.3, 0.4) is 0 Å². The summed E-state index contributed by atoms with van der Waals surface area (Å²) in [6.07, 6.45) is 2.98. The molecule has 3 rings (SSSR count). The second-order valence-electron chi connectivity index (χ2n) is 6.09. The van der Waals surface area contributed by atoms with E-state index >= 15 is 0 Å². The maximum absolute atomic E-state index is 12.0. The van der Waals surface area contributed by atoms with E-state index in [-0.39, 0.29) is 24.3 Å². The Balaban J connectivity index is 1.61. The molecule has 0 aliphatic rings. The summed E-state index contributed by atoms with van der Waals surface area (Å²) in [4.78, 5) is 24.3. The minimum atomic E-state index is -0.520. The van der Waals surface area contributed by atoms with Gasteiger partial charge in [-0.2, -0.15) is 15.0 Å². The average Bonchev–Trinajstić information content (AvgIpc) is 2.72. The van der Waals surface area contributed by atoms with Crippen LogP contribution in [-0.2, 0) is 16.1 Å². The van der Waals surface area contributed by atoms with Gasteiger partial charge in [0.1, 0.15) is 5.75 Å². The Morgan fingerprint density at radius 1 is 1.10 bits per heavy atom. The number of aromatic nitrogens is 3. The number of rotatable bonds is 7. The lowest BCUT2D eigenvalue weighted by molar-refractivity contribution is -0.139. The van der Waals surface area contributed by atoms with Crippen molar-refractivity contribution in [2.45, 2.75) is 13.5 Å². The Kier molecular flexibility index (Phi) is 6.36. The van der Waals surface area contributed by atoms with Crippen molar-refractivity contribution in [1.29, 1.82) is 0 Å². The number of anilines is 3. The molecule has 0 saturated heterocycles. The van der Waals surface area contributed by atoms with Gasteiger partial charge in [-0.15, -0.1) is 0 Å². The van der Waals surface area contributed by atoms with Gasteiger partial charge >= 0.3 is 5.97 Å². The lowest BCUT2D eigenvalue weighted by atomic mass is 10.2. The molecule has 2 aromatic carbocycles. The van der Waals surface area contributed by atoms with Gasteiger partial charge in [0.05, 0.1) is 7.11 Å². The molecule has 29 heavy (non-hydrogen) atoms. The van der Waals surface area contributed by atoms with Crippen LogP contribution in [0.2, 0.25) is 0 Å². The molecule has 0 radical (unpaired) electrons. The Bertz CT molecular complexity index is 1020. The molecule has 0 aliphatic carbocycles. The molecular weight excluding hydrogens is 370 g/mol. The molecule has 8 nitrogen and oxygen atoms in total. The Morgan fingerprint density at radius 3 is 2.59 bits per heavy atom. The molecule has 1 heterocycles. The first-order chi connectivity index (χ1) is 14.0. The first-order valence-electron chi connectivity index (χ1n) is 8.85. The van der Waals surface area contributed by atoms with Gasteiger partial charge < -0.3 is 20.5 Å². The fraction of sp³-hybridized carbons (Fsp3) is 0.143. The molecule has 0 spiro atoms. The van der Waals surface area contributed by atoms with Crippen LogP contribution in [-0.4, -0.2) is 28.0 Å². The molecule has 1 aromatic heterocycles. The van der Waals surface area contributed by atoms with Crippen molar-refractivity contribution in [2.75, 3.05) is 18.2 Å². The second kappa shape index (κ2) is 9.32. The zero-order chi connectivity index (χ0) is 20.6. The summed E-state index contributed by atoms with van der Waals surface area (Å²) in [7, 11) is 1.60. The molecule has 0 aliphatic heterocycles. The molecule has 8 heteroatoms. The van der Waals surface area contributed by atoms with Crippen LogP contribution < -0.4 is 15.8 Å². The number of nitrogens with two attached hydrogens (primary N) is 1. The minimum absolute atomic E-state index is 0.0379. The van der Waals surface area contributed by atoms with Gasteiger partial charge in [-0.1, -0.05) is 30.3 Å². The SMILES string of the molecule is COc1ccc(/C=C/C(=O)OCc2nc(N)nc(Nc3ccccc3C)n2)cc1. The van der Waals surface area contributed by atoms with Crippen molar-refractivity contribution in [3.63, 3.8) is 0 Å². The summed E-state index contributed by atoms with van der Waals surface area (Å²) in [6, 6.07) is 15.0.